The molecule has 3 aromatic rings. The Balaban J connectivity index is 1.44. The van der Waals surface area contributed by atoms with Crippen LogP contribution < -0.4 is 10.9 Å². The molecule has 29 heavy (non-hydrogen) atoms. The normalized spacial score (nSPS) is 15.3. The van der Waals surface area contributed by atoms with E-state index in [0.29, 0.717) is 10.8 Å². The van der Waals surface area contributed by atoms with Gasteiger partial charge in [-0.15, -0.1) is 11.3 Å². The largest absolute Gasteiger partial charge is 0.297 e. The summed E-state index contributed by atoms with van der Waals surface area (Å²) in [6, 6.07) is 11.8. The number of likely N-dealkylation sites (tertiary alicyclic amines) is 1. The van der Waals surface area contributed by atoms with E-state index in [-0.39, 0.29) is 17.2 Å². The fourth-order valence-corrected chi connectivity index (χ4v) is 4.03. The Bertz CT molecular complexity index is 1040. The molecule has 150 valence electrons. The van der Waals surface area contributed by atoms with Crippen molar-refractivity contribution >= 4 is 22.4 Å². The molecule has 3 heterocycles. The number of carbonyl (C=O) groups is 1. The van der Waals surface area contributed by atoms with E-state index in [2.05, 4.69) is 27.2 Å². The van der Waals surface area contributed by atoms with Crippen LogP contribution in [0.2, 0.25) is 0 Å². The quantitative estimate of drug-likeness (QED) is 0.700. The molecular formula is C21H23N5O2S. The van der Waals surface area contributed by atoms with Gasteiger partial charge in [-0.25, -0.2) is 4.98 Å². The van der Waals surface area contributed by atoms with E-state index >= 15 is 0 Å². The second-order valence-corrected chi connectivity index (χ2v) is 8.22. The van der Waals surface area contributed by atoms with Gasteiger partial charge in [0.1, 0.15) is 5.69 Å². The van der Waals surface area contributed by atoms with Gasteiger partial charge in [-0.05, 0) is 50.0 Å². The van der Waals surface area contributed by atoms with E-state index in [1.165, 1.54) is 41.0 Å². The first-order valence-corrected chi connectivity index (χ1v) is 10.6. The van der Waals surface area contributed by atoms with Gasteiger partial charge in [0.2, 0.25) is 0 Å². The summed E-state index contributed by atoms with van der Waals surface area (Å²) in [4.78, 5) is 31.7. The first-order chi connectivity index (χ1) is 14.1. The topological polar surface area (TPSA) is 80.1 Å². The van der Waals surface area contributed by atoms with E-state index in [1.807, 2.05) is 23.6 Å². The third-order valence-corrected chi connectivity index (χ3v) is 5.87. The lowest BCUT2D eigenvalue weighted by Crippen LogP contribution is -2.32. The molecule has 1 N–H and O–H groups in total. The van der Waals surface area contributed by atoms with Crippen LogP contribution in [-0.4, -0.2) is 38.7 Å². The van der Waals surface area contributed by atoms with E-state index in [9.17, 15) is 9.59 Å². The van der Waals surface area contributed by atoms with Gasteiger partial charge in [0.15, 0.2) is 5.13 Å². The average molecular weight is 410 g/mol. The standard InChI is InChI=1S/C21H23N5O2S/c1-15-9-11-25(12-10-15)13-16-14-29-21(22-16)23-20(28)18-7-8-19(27)26(24-18)17-5-3-2-4-6-17/h2-8,14-15H,9-13H2,1H3,(H,22,23,28). The van der Waals surface area contributed by atoms with Crippen LogP contribution in [-0.2, 0) is 6.54 Å². The van der Waals surface area contributed by atoms with Crippen LogP contribution in [0.15, 0.2) is 52.6 Å². The highest BCUT2D eigenvalue weighted by Gasteiger charge is 2.18. The molecule has 1 aliphatic heterocycles. The first kappa shape index (κ1) is 19.5. The van der Waals surface area contributed by atoms with Crippen LogP contribution in [0.3, 0.4) is 0 Å². The smallest absolute Gasteiger partial charge is 0.277 e. The molecule has 1 aromatic carbocycles. The Morgan fingerprint density at radius 2 is 1.93 bits per heavy atom. The van der Waals surface area contributed by atoms with E-state index < -0.39 is 0 Å². The molecule has 8 heteroatoms. The predicted molar refractivity (Wildman–Crippen MR) is 114 cm³/mol. The molecule has 4 rings (SSSR count). The number of piperidine rings is 1. The van der Waals surface area contributed by atoms with Crippen molar-refractivity contribution in [3.8, 4) is 5.69 Å². The Hall–Kier alpha value is -2.84. The fourth-order valence-electron chi connectivity index (χ4n) is 3.33. The summed E-state index contributed by atoms with van der Waals surface area (Å²) in [5.41, 5.74) is 1.44. The monoisotopic (exact) mass is 409 g/mol. The number of benzene rings is 1. The van der Waals surface area contributed by atoms with Gasteiger partial charge >= 0.3 is 0 Å². The van der Waals surface area contributed by atoms with Crippen molar-refractivity contribution < 1.29 is 4.79 Å². The summed E-state index contributed by atoms with van der Waals surface area (Å²) in [6.07, 6.45) is 2.44. The summed E-state index contributed by atoms with van der Waals surface area (Å²) >= 11 is 1.40. The molecule has 0 spiro atoms. The predicted octanol–water partition coefficient (Wildman–Crippen LogP) is 3.17. The summed E-state index contributed by atoms with van der Waals surface area (Å²) < 4.78 is 1.22. The molecule has 0 radical (unpaired) electrons. The Morgan fingerprint density at radius 3 is 2.69 bits per heavy atom. The van der Waals surface area contributed by atoms with Crippen LogP contribution in [0.4, 0.5) is 5.13 Å². The number of nitrogens with zero attached hydrogens (tertiary/aromatic N) is 4. The first-order valence-electron chi connectivity index (χ1n) is 9.72. The van der Waals surface area contributed by atoms with E-state index in [4.69, 9.17) is 0 Å². The highest BCUT2D eigenvalue weighted by molar-refractivity contribution is 7.13. The van der Waals surface area contributed by atoms with Crippen LogP contribution in [0.25, 0.3) is 5.69 Å². The number of amides is 1. The Labute approximate surface area is 173 Å². The minimum atomic E-state index is -0.387. The van der Waals surface area contributed by atoms with Gasteiger partial charge in [0.05, 0.1) is 11.4 Å². The number of thiazole rings is 1. The van der Waals surface area contributed by atoms with Crippen LogP contribution in [0.5, 0.6) is 0 Å². The zero-order chi connectivity index (χ0) is 20.2. The number of anilines is 1. The molecule has 0 bridgehead atoms. The van der Waals surface area contributed by atoms with Gasteiger partial charge in [0, 0.05) is 18.0 Å². The molecule has 0 saturated carbocycles. The van der Waals surface area contributed by atoms with Crippen molar-refractivity contribution in [2.75, 3.05) is 18.4 Å². The highest BCUT2D eigenvalue weighted by atomic mass is 32.1. The van der Waals surface area contributed by atoms with Gasteiger partial charge in [-0.3, -0.25) is 19.8 Å². The highest BCUT2D eigenvalue weighted by Crippen LogP contribution is 2.21. The lowest BCUT2D eigenvalue weighted by molar-refractivity contribution is 0.102. The zero-order valence-corrected chi connectivity index (χ0v) is 17.1. The van der Waals surface area contributed by atoms with E-state index in [1.54, 1.807) is 12.1 Å². The second kappa shape index (κ2) is 8.67. The van der Waals surface area contributed by atoms with Crippen molar-refractivity contribution in [2.45, 2.75) is 26.3 Å². The van der Waals surface area contributed by atoms with Crippen LogP contribution in [0.1, 0.15) is 35.9 Å². The summed E-state index contributed by atoms with van der Waals surface area (Å²) in [5, 5.41) is 9.51. The number of para-hydroxylation sites is 1. The number of hydrogen-bond acceptors (Lipinski definition) is 6. The maximum atomic E-state index is 12.6. The van der Waals surface area contributed by atoms with Crippen molar-refractivity contribution in [1.82, 2.24) is 19.7 Å². The third-order valence-electron chi connectivity index (χ3n) is 5.07. The Morgan fingerprint density at radius 1 is 1.17 bits per heavy atom. The van der Waals surface area contributed by atoms with Crippen molar-refractivity contribution in [3.05, 3.63) is 69.6 Å². The van der Waals surface area contributed by atoms with Crippen molar-refractivity contribution in [1.29, 1.82) is 0 Å². The number of aromatic nitrogens is 3. The molecule has 7 nitrogen and oxygen atoms in total. The summed E-state index contributed by atoms with van der Waals surface area (Å²) in [6.45, 7) is 5.27. The maximum Gasteiger partial charge on any atom is 0.277 e. The van der Waals surface area contributed by atoms with Crippen LogP contribution >= 0.6 is 11.3 Å². The summed E-state index contributed by atoms with van der Waals surface area (Å²) in [5.74, 6) is 0.408. The molecule has 1 saturated heterocycles. The number of nitrogens with one attached hydrogen (secondary N) is 1. The SMILES string of the molecule is CC1CCN(Cc2csc(NC(=O)c3ccc(=O)n(-c4ccccc4)n3)n2)CC1. The molecule has 0 aliphatic carbocycles. The summed E-state index contributed by atoms with van der Waals surface area (Å²) in [7, 11) is 0. The molecule has 2 aromatic heterocycles. The van der Waals surface area contributed by atoms with Crippen molar-refractivity contribution in [2.24, 2.45) is 5.92 Å². The number of rotatable bonds is 5. The molecule has 0 atom stereocenters. The fraction of sp³-hybridized carbons (Fsp3) is 0.333. The van der Waals surface area contributed by atoms with Crippen molar-refractivity contribution in [3.63, 3.8) is 0 Å². The average Bonchev–Trinajstić information content (AvgIpc) is 3.17. The molecule has 1 aliphatic rings. The Kier molecular flexibility index (Phi) is 5.82. The van der Waals surface area contributed by atoms with Crippen LogP contribution in [0, 0.1) is 5.92 Å². The van der Waals surface area contributed by atoms with E-state index in [0.717, 1.165) is 31.2 Å². The number of hydrogen-bond donors (Lipinski definition) is 1. The molecule has 0 unspecified atom stereocenters. The number of carbonyl (C=O) groups excluding carboxylic acids is 1. The third kappa shape index (κ3) is 4.78. The lowest BCUT2D eigenvalue weighted by atomic mass is 9.99. The van der Waals surface area contributed by atoms with Gasteiger partial charge in [-0.2, -0.15) is 9.78 Å². The van der Waals surface area contributed by atoms with Gasteiger partial charge in [0.25, 0.3) is 11.5 Å². The second-order valence-electron chi connectivity index (χ2n) is 7.36. The minimum absolute atomic E-state index is 0.162. The zero-order valence-electron chi connectivity index (χ0n) is 16.2. The molecule has 1 amide bonds. The minimum Gasteiger partial charge on any atom is -0.297 e. The lowest BCUT2D eigenvalue weighted by Gasteiger charge is -2.29. The van der Waals surface area contributed by atoms with Gasteiger partial charge < -0.3 is 0 Å². The maximum absolute atomic E-state index is 12.6. The molecule has 1 fully saturated rings. The molecular weight excluding hydrogens is 386 g/mol. The van der Waals surface area contributed by atoms with Gasteiger partial charge in [-0.1, -0.05) is 25.1 Å².